The van der Waals surface area contributed by atoms with Crippen LogP contribution in [0.3, 0.4) is 0 Å². The first-order valence-electron chi connectivity index (χ1n) is 9.41. The molecule has 1 aliphatic rings. The Labute approximate surface area is 166 Å². The van der Waals surface area contributed by atoms with Gasteiger partial charge in [-0.05, 0) is 17.7 Å². The van der Waals surface area contributed by atoms with Crippen LogP contribution < -0.4 is 0 Å². The molecule has 0 atom stereocenters. The molecule has 1 fully saturated rings. The van der Waals surface area contributed by atoms with E-state index in [1.165, 1.54) is 5.56 Å². The fourth-order valence-electron chi connectivity index (χ4n) is 3.51. The maximum atomic E-state index is 13.2. The van der Waals surface area contributed by atoms with Gasteiger partial charge in [0.1, 0.15) is 0 Å². The number of benzene rings is 2. The number of fused-ring (bicyclic) bond motifs is 1. The second-order valence-electron chi connectivity index (χ2n) is 6.87. The highest BCUT2D eigenvalue weighted by atomic mass is 32.2. The quantitative estimate of drug-likeness (QED) is 0.668. The highest BCUT2D eigenvalue weighted by Gasteiger charge is 2.29. The summed E-state index contributed by atoms with van der Waals surface area (Å²) in [7, 11) is -3.51. The van der Waals surface area contributed by atoms with Crippen LogP contribution in [0.4, 0.5) is 0 Å². The SMILES string of the molecule is O=S(=O)(c1cccc2cnccc12)N1CCN(C/C=C/c2ccccc2)CC1. The molecule has 3 aromatic rings. The van der Waals surface area contributed by atoms with Gasteiger partial charge in [-0.25, -0.2) is 8.42 Å². The average molecular weight is 394 g/mol. The third kappa shape index (κ3) is 3.99. The van der Waals surface area contributed by atoms with E-state index in [9.17, 15) is 8.42 Å². The van der Waals surface area contributed by atoms with Gasteiger partial charge >= 0.3 is 0 Å². The van der Waals surface area contributed by atoms with Crippen molar-refractivity contribution in [3.63, 3.8) is 0 Å². The zero-order valence-electron chi connectivity index (χ0n) is 15.6. The number of pyridine rings is 1. The van der Waals surface area contributed by atoms with Crippen LogP contribution in [0.15, 0.2) is 78.0 Å². The molecule has 0 aliphatic carbocycles. The van der Waals surface area contributed by atoms with E-state index in [0.29, 0.717) is 18.0 Å². The molecule has 0 radical (unpaired) electrons. The first kappa shape index (κ1) is 18.8. The van der Waals surface area contributed by atoms with Crippen LogP contribution in [0.2, 0.25) is 0 Å². The van der Waals surface area contributed by atoms with Gasteiger partial charge in [0, 0.05) is 55.9 Å². The maximum absolute atomic E-state index is 13.2. The Morgan fingerprint density at radius 3 is 2.50 bits per heavy atom. The van der Waals surface area contributed by atoms with Crippen molar-refractivity contribution in [1.82, 2.24) is 14.2 Å². The Balaban J connectivity index is 1.42. The molecule has 144 valence electrons. The molecule has 1 aromatic heterocycles. The number of nitrogens with zero attached hydrogens (tertiary/aromatic N) is 3. The number of sulfonamides is 1. The van der Waals surface area contributed by atoms with Crippen LogP contribution in [-0.4, -0.2) is 55.3 Å². The predicted molar refractivity (Wildman–Crippen MR) is 112 cm³/mol. The maximum Gasteiger partial charge on any atom is 0.243 e. The summed E-state index contributed by atoms with van der Waals surface area (Å²) in [5.74, 6) is 0. The molecule has 0 saturated carbocycles. The van der Waals surface area contributed by atoms with E-state index >= 15 is 0 Å². The fourth-order valence-corrected chi connectivity index (χ4v) is 5.15. The number of piperazine rings is 1. The first-order valence-corrected chi connectivity index (χ1v) is 10.9. The van der Waals surface area contributed by atoms with Crippen LogP contribution in [0.25, 0.3) is 16.8 Å². The first-order chi connectivity index (χ1) is 13.6. The minimum absolute atomic E-state index is 0.366. The molecule has 0 spiro atoms. The zero-order chi connectivity index (χ0) is 19.4. The van der Waals surface area contributed by atoms with Crippen molar-refractivity contribution in [3.05, 3.63) is 78.6 Å². The van der Waals surface area contributed by atoms with Crippen molar-refractivity contribution in [2.75, 3.05) is 32.7 Å². The molecule has 0 amide bonds. The molecule has 6 heteroatoms. The number of hydrogen-bond acceptors (Lipinski definition) is 4. The summed E-state index contributed by atoms with van der Waals surface area (Å²) in [4.78, 5) is 6.73. The van der Waals surface area contributed by atoms with Crippen molar-refractivity contribution in [2.45, 2.75) is 4.90 Å². The lowest BCUT2D eigenvalue weighted by molar-refractivity contribution is 0.204. The topological polar surface area (TPSA) is 53.5 Å². The van der Waals surface area contributed by atoms with Gasteiger partial charge < -0.3 is 0 Å². The van der Waals surface area contributed by atoms with Crippen molar-refractivity contribution < 1.29 is 8.42 Å². The summed E-state index contributed by atoms with van der Waals surface area (Å²) in [6, 6.07) is 17.3. The highest BCUT2D eigenvalue weighted by Crippen LogP contribution is 2.25. The molecule has 2 heterocycles. The van der Waals surface area contributed by atoms with Crippen LogP contribution in [0, 0.1) is 0 Å². The van der Waals surface area contributed by atoms with Crippen LogP contribution in [0.5, 0.6) is 0 Å². The van der Waals surface area contributed by atoms with E-state index in [2.05, 4.69) is 34.2 Å². The third-order valence-electron chi connectivity index (χ3n) is 5.06. The molecule has 28 heavy (non-hydrogen) atoms. The molecule has 5 nitrogen and oxygen atoms in total. The Bertz CT molecular complexity index is 1070. The summed E-state index contributed by atoms with van der Waals surface area (Å²) in [6.07, 6.45) is 7.58. The van der Waals surface area contributed by atoms with Crippen LogP contribution in [-0.2, 0) is 10.0 Å². The van der Waals surface area contributed by atoms with Gasteiger partial charge in [0.05, 0.1) is 4.90 Å². The second kappa shape index (κ2) is 8.22. The predicted octanol–water partition coefficient (Wildman–Crippen LogP) is 3.25. The normalized spacial score (nSPS) is 16.7. The highest BCUT2D eigenvalue weighted by molar-refractivity contribution is 7.89. The van der Waals surface area contributed by atoms with Crippen molar-refractivity contribution >= 4 is 26.9 Å². The number of aromatic nitrogens is 1. The molecule has 0 unspecified atom stereocenters. The molecule has 1 saturated heterocycles. The van der Waals surface area contributed by atoms with Crippen LogP contribution in [0.1, 0.15) is 5.56 Å². The largest absolute Gasteiger partial charge is 0.297 e. The van der Waals surface area contributed by atoms with Crippen LogP contribution >= 0.6 is 0 Å². The summed E-state index contributed by atoms with van der Waals surface area (Å²) in [6.45, 7) is 3.28. The Morgan fingerprint density at radius 2 is 1.71 bits per heavy atom. The number of rotatable bonds is 5. The average Bonchev–Trinajstić information content (AvgIpc) is 2.74. The molecular formula is C22H23N3O2S. The van der Waals surface area contributed by atoms with Gasteiger partial charge in [-0.2, -0.15) is 4.31 Å². The third-order valence-corrected chi connectivity index (χ3v) is 7.02. The molecule has 4 rings (SSSR count). The lowest BCUT2D eigenvalue weighted by atomic mass is 10.2. The Morgan fingerprint density at radius 1 is 0.929 bits per heavy atom. The fraction of sp³-hybridized carbons (Fsp3) is 0.227. The van der Waals surface area contributed by atoms with Gasteiger partial charge in [-0.1, -0.05) is 54.6 Å². The van der Waals surface area contributed by atoms with Gasteiger partial charge in [0.2, 0.25) is 10.0 Å². The van der Waals surface area contributed by atoms with Crippen molar-refractivity contribution in [2.24, 2.45) is 0 Å². The van der Waals surface area contributed by atoms with E-state index < -0.39 is 10.0 Å². The van der Waals surface area contributed by atoms with E-state index in [4.69, 9.17) is 0 Å². The molecule has 0 bridgehead atoms. The monoisotopic (exact) mass is 393 g/mol. The lowest BCUT2D eigenvalue weighted by Crippen LogP contribution is -2.48. The number of hydrogen-bond donors (Lipinski definition) is 0. The van der Waals surface area contributed by atoms with Gasteiger partial charge in [-0.15, -0.1) is 0 Å². The second-order valence-corrected chi connectivity index (χ2v) is 8.78. The molecule has 2 aromatic carbocycles. The molecular weight excluding hydrogens is 370 g/mol. The van der Waals surface area contributed by atoms with E-state index in [-0.39, 0.29) is 0 Å². The molecule has 0 N–H and O–H groups in total. The van der Waals surface area contributed by atoms with E-state index in [0.717, 1.165) is 30.4 Å². The lowest BCUT2D eigenvalue weighted by Gasteiger charge is -2.33. The standard InChI is InChI=1S/C22H23N3O2S/c26-28(27,22-10-4-9-20-18-23-12-11-21(20)22)25-16-14-24(15-17-25)13-5-8-19-6-2-1-3-7-19/h1-12,18H,13-17H2/b8-5+. The molecule has 1 aliphatic heterocycles. The summed E-state index contributed by atoms with van der Waals surface area (Å²) in [5, 5.41) is 1.57. The van der Waals surface area contributed by atoms with Gasteiger partial charge in [0.25, 0.3) is 0 Å². The van der Waals surface area contributed by atoms with Gasteiger partial charge in [-0.3, -0.25) is 9.88 Å². The Kier molecular flexibility index (Phi) is 5.52. The van der Waals surface area contributed by atoms with E-state index in [1.807, 2.05) is 24.3 Å². The smallest absolute Gasteiger partial charge is 0.243 e. The minimum Gasteiger partial charge on any atom is -0.297 e. The zero-order valence-corrected chi connectivity index (χ0v) is 16.4. The van der Waals surface area contributed by atoms with Crippen molar-refractivity contribution in [1.29, 1.82) is 0 Å². The summed E-state index contributed by atoms with van der Waals surface area (Å²) < 4.78 is 28.0. The van der Waals surface area contributed by atoms with Gasteiger partial charge in [0.15, 0.2) is 0 Å². The van der Waals surface area contributed by atoms with Crippen molar-refractivity contribution in [3.8, 4) is 0 Å². The minimum atomic E-state index is -3.51. The summed E-state index contributed by atoms with van der Waals surface area (Å²) in [5.41, 5.74) is 1.18. The van der Waals surface area contributed by atoms with E-state index in [1.54, 1.807) is 34.9 Å². The summed E-state index contributed by atoms with van der Waals surface area (Å²) >= 11 is 0. The Hall–Kier alpha value is -2.54.